The van der Waals surface area contributed by atoms with Gasteiger partial charge in [0.1, 0.15) is 5.60 Å². The Labute approximate surface area is 185 Å². The van der Waals surface area contributed by atoms with Gasteiger partial charge in [0.25, 0.3) is 0 Å². The highest BCUT2D eigenvalue weighted by Gasteiger charge is 2.46. The van der Waals surface area contributed by atoms with Crippen molar-refractivity contribution in [3.05, 3.63) is 35.1 Å². The van der Waals surface area contributed by atoms with Crippen LogP contribution in [-0.4, -0.2) is 60.0 Å². The first-order chi connectivity index (χ1) is 14.1. The monoisotopic (exact) mass is 495 g/mol. The van der Waals surface area contributed by atoms with E-state index in [0.29, 0.717) is 22.9 Å². The zero-order valence-electron chi connectivity index (χ0n) is 17.3. The molecular weight excluding hydrogens is 470 g/mol. The number of halogens is 1. The van der Waals surface area contributed by atoms with E-state index in [0.717, 1.165) is 18.2 Å². The summed E-state index contributed by atoms with van der Waals surface area (Å²) in [4.78, 5) is 18.8. The van der Waals surface area contributed by atoms with Gasteiger partial charge in [-0.15, -0.1) is 0 Å². The Morgan fingerprint density at radius 1 is 1.23 bits per heavy atom. The first-order valence-electron chi connectivity index (χ1n) is 10.1. The molecule has 2 aliphatic rings. The van der Waals surface area contributed by atoms with Gasteiger partial charge in [-0.2, -0.15) is 4.31 Å². The first-order valence-corrected chi connectivity index (χ1v) is 12.3. The number of hydrogen-bond donors (Lipinski definition) is 0. The van der Waals surface area contributed by atoms with Gasteiger partial charge in [0.05, 0.1) is 10.9 Å². The number of carbonyl (C=O) groups is 1. The maximum Gasteiger partial charge on any atom is 0.410 e. The van der Waals surface area contributed by atoms with Gasteiger partial charge < -0.3 is 9.64 Å². The van der Waals surface area contributed by atoms with Crippen LogP contribution in [0.15, 0.2) is 40.0 Å². The highest BCUT2D eigenvalue weighted by molar-refractivity contribution is 9.10. The molecule has 0 bridgehead atoms. The van der Waals surface area contributed by atoms with Crippen LogP contribution >= 0.6 is 15.9 Å². The lowest BCUT2D eigenvalue weighted by Crippen LogP contribution is -2.50. The van der Waals surface area contributed by atoms with Crippen molar-refractivity contribution in [2.24, 2.45) is 5.92 Å². The molecule has 9 heteroatoms. The molecule has 30 heavy (non-hydrogen) atoms. The van der Waals surface area contributed by atoms with Crippen LogP contribution < -0.4 is 0 Å². The second-order valence-corrected chi connectivity index (χ2v) is 11.7. The van der Waals surface area contributed by atoms with E-state index in [1.165, 1.54) is 4.31 Å². The molecule has 2 saturated heterocycles. The van der Waals surface area contributed by atoms with E-state index in [2.05, 4.69) is 20.9 Å². The van der Waals surface area contributed by atoms with E-state index in [-0.39, 0.29) is 29.5 Å². The van der Waals surface area contributed by atoms with E-state index in [9.17, 15) is 13.2 Å². The largest absolute Gasteiger partial charge is 0.444 e. The summed E-state index contributed by atoms with van der Waals surface area (Å²) in [6.45, 7) is 6.80. The molecule has 2 aliphatic heterocycles. The zero-order chi connectivity index (χ0) is 21.7. The van der Waals surface area contributed by atoms with Crippen LogP contribution in [0.4, 0.5) is 4.79 Å². The number of likely N-dealkylation sites (tertiary alicyclic amines) is 1. The van der Waals surface area contributed by atoms with Crippen molar-refractivity contribution in [3.8, 4) is 0 Å². The quantitative estimate of drug-likeness (QED) is 0.628. The van der Waals surface area contributed by atoms with E-state index in [1.54, 1.807) is 29.4 Å². The molecule has 2 aromatic rings. The number of fused-ring (bicyclic) bond motifs is 2. The summed E-state index contributed by atoms with van der Waals surface area (Å²) in [6, 6.07) is 5.05. The first kappa shape index (κ1) is 21.5. The van der Waals surface area contributed by atoms with Crippen molar-refractivity contribution >= 4 is 42.8 Å². The summed E-state index contributed by atoms with van der Waals surface area (Å²) in [5.74, 6) is 0.112. The summed E-state index contributed by atoms with van der Waals surface area (Å²) in [5.41, 5.74) is -0.586. The molecule has 1 amide bonds. The predicted octanol–water partition coefficient (Wildman–Crippen LogP) is 4.02. The minimum atomic E-state index is -3.73. The summed E-state index contributed by atoms with van der Waals surface area (Å²) >= 11 is 3.45. The number of carbonyl (C=O) groups excluding carboxylic acids is 1. The zero-order valence-corrected chi connectivity index (χ0v) is 19.7. The van der Waals surface area contributed by atoms with Crippen molar-refractivity contribution in [3.63, 3.8) is 0 Å². The van der Waals surface area contributed by atoms with Gasteiger partial charge in [0, 0.05) is 47.3 Å². The number of nitrogens with zero attached hydrogens (tertiary/aromatic N) is 3. The number of piperidine rings is 1. The maximum absolute atomic E-state index is 13.6. The van der Waals surface area contributed by atoms with Crippen LogP contribution in [0.3, 0.4) is 0 Å². The second-order valence-electron chi connectivity index (χ2n) is 8.94. The molecule has 7 nitrogen and oxygen atoms in total. The lowest BCUT2D eigenvalue weighted by Gasteiger charge is -2.37. The van der Waals surface area contributed by atoms with Crippen molar-refractivity contribution < 1.29 is 17.9 Å². The average molecular weight is 496 g/mol. The van der Waals surface area contributed by atoms with Crippen LogP contribution in [0.1, 0.15) is 33.6 Å². The Morgan fingerprint density at radius 3 is 2.73 bits per heavy atom. The van der Waals surface area contributed by atoms with Crippen LogP contribution in [-0.2, 0) is 14.8 Å². The second kappa shape index (κ2) is 7.76. The molecule has 2 unspecified atom stereocenters. The number of pyridine rings is 1. The van der Waals surface area contributed by atoms with Crippen molar-refractivity contribution in [2.45, 2.75) is 50.2 Å². The number of aromatic nitrogens is 1. The van der Waals surface area contributed by atoms with Crippen molar-refractivity contribution in [1.82, 2.24) is 14.2 Å². The van der Waals surface area contributed by atoms with E-state index < -0.39 is 15.6 Å². The molecule has 0 saturated carbocycles. The third kappa shape index (κ3) is 3.94. The molecule has 0 spiro atoms. The lowest BCUT2D eigenvalue weighted by molar-refractivity contribution is 0.00643. The topological polar surface area (TPSA) is 79.8 Å². The summed E-state index contributed by atoms with van der Waals surface area (Å²) in [5, 5.41) is 1.39. The number of benzene rings is 1. The SMILES string of the molecule is CC(C)(C)OC(=O)N1CCCC2CN(S(=O)(=O)c3cccc4cncc(Br)c34)CC21. The standard InChI is InChI=1S/C21H26BrN3O4S/c1-21(2,3)29-20(26)25-9-5-7-15-12-24(13-17(15)25)30(27,28)18-8-4-6-14-10-23-11-16(22)19(14)18/h4,6,8,10-11,15,17H,5,7,9,12-13H2,1-3H3. The predicted molar refractivity (Wildman–Crippen MR) is 118 cm³/mol. The van der Waals surface area contributed by atoms with Gasteiger partial charge in [0.2, 0.25) is 10.0 Å². The van der Waals surface area contributed by atoms with Crippen LogP contribution in [0, 0.1) is 5.92 Å². The average Bonchev–Trinajstić information content (AvgIpc) is 3.11. The van der Waals surface area contributed by atoms with Crippen LogP contribution in [0.2, 0.25) is 0 Å². The van der Waals surface area contributed by atoms with Gasteiger partial charge in [-0.25, -0.2) is 13.2 Å². The summed E-state index contributed by atoms with van der Waals surface area (Å²) < 4.78 is 34.9. The highest BCUT2D eigenvalue weighted by Crippen LogP contribution is 2.37. The molecule has 162 valence electrons. The molecule has 3 heterocycles. The Hall–Kier alpha value is -1.71. The Morgan fingerprint density at radius 2 is 2.00 bits per heavy atom. The number of hydrogen-bond acceptors (Lipinski definition) is 5. The molecule has 0 aliphatic carbocycles. The van der Waals surface area contributed by atoms with Gasteiger partial charge in [-0.05, 0) is 61.5 Å². The van der Waals surface area contributed by atoms with Gasteiger partial charge >= 0.3 is 6.09 Å². The van der Waals surface area contributed by atoms with Crippen molar-refractivity contribution in [1.29, 1.82) is 0 Å². The molecule has 1 aromatic carbocycles. The van der Waals surface area contributed by atoms with E-state index >= 15 is 0 Å². The number of sulfonamides is 1. The van der Waals surface area contributed by atoms with Crippen molar-refractivity contribution in [2.75, 3.05) is 19.6 Å². The minimum Gasteiger partial charge on any atom is -0.444 e. The fourth-order valence-electron chi connectivity index (χ4n) is 4.40. The molecular formula is C21H26BrN3O4S. The molecule has 0 N–H and O–H groups in total. The maximum atomic E-state index is 13.6. The van der Waals surface area contributed by atoms with Gasteiger partial charge in [0.15, 0.2) is 0 Å². The van der Waals surface area contributed by atoms with Crippen LogP contribution in [0.25, 0.3) is 10.8 Å². The molecule has 4 rings (SSSR count). The number of amides is 1. The van der Waals surface area contributed by atoms with Gasteiger partial charge in [-0.3, -0.25) is 4.98 Å². The smallest absolute Gasteiger partial charge is 0.410 e. The minimum absolute atomic E-state index is 0.112. The number of rotatable bonds is 2. The third-order valence-electron chi connectivity index (χ3n) is 5.69. The lowest BCUT2D eigenvalue weighted by atomic mass is 9.92. The number of ether oxygens (including phenoxy) is 1. The Kier molecular flexibility index (Phi) is 5.57. The Balaban J connectivity index is 1.64. The van der Waals surface area contributed by atoms with Crippen LogP contribution in [0.5, 0.6) is 0 Å². The van der Waals surface area contributed by atoms with Gasteiger partial charge in [-0.1, -0.05) is 12.1 Å². The molecule has 1 aromatic heterocycles. The fourth-order valence-corrected chi connectivity index (χ4v) is 6.84. The van der Waals surface area contributed by atoms with E-state index in [4.69, 9.17) is 4.74 Å². The fraction of sp³-hybridized carbons (Fsp3) is 0.524. The molecule has 0 radical (unpaired) electrons. The molecule has 2 atom stereocenters. The summed E-state index contributed by atoms with van der Waals surface area (Å²) in [6.07, 6.45) is 4.65. The summed E-state index contributed by atoms with van der Waals surface area (Å²) in [7, 11) is -3.73. The Bertz CT molecular complexity index is 1080. The molecule has 2 fully saturated rings. The normalized spacial score (nSPS) is 22.9. The highest BCUT2D eigenvalue weighted by atomic mass is 79.9. The van der Waals surface area contributed by atoms with E-state index in [1.807, 2.05) is 26.8 Å². The third-order valence-corrected chi connectivity index (χ3v) is 8.17.